The molecule has 18 heavy (non-hydrogen) atoms. The van der Waals surface area contributed by atoms with E-state index in [1.54, 1.807) is 0 Å². The van der Waals surface area contributed by atoms with E-state index in [-0.39, 0.29) is 5.91 Å². The fraction of sp³-hybridized carbons (Fsp3) is 0.214. The molecule has 0 bridgehead atoms. The number of benzene rings is 1. The van der Waals surface area contributed by atoms with Gasteiger partial charge in [-0.3, -0.25) is 4.79 Å². The van der Waals surface area contributed by atoms with Gasteiger partial charge in [0.1, 0.15) is 0 Å². The van der Waals surface area contributed by atoms with E-state index in [9.17, 15) is 4.79 Å². The molecular formula is C14H16N2OS. The molecule has 1 N–H and O–H groups in total. The van der Waals surface area contributed by atoms with Gasteiger partial charge in [0.05, 0.1) is 11.3 Å². The maximum Gasteiger partial charge on any atom is 0.253 e. The van der Waals surface area contributed by atoms with Gasteiger partial charge in [0, 0.05) is 25.5 Å². The fourth-order valence-electron chi connectivity index (χ4n) is 1.93. The van der Waals surface area contributed by atoms with Crippen LogP contribution in [-0.2, 0) is 7.05 Å². The summed E-state index contributed by atoms with van der Waals surface area (Å²) in [4.78, 5) is 12.1. The Hall–Kier alpha value is -1.68. The van der Waals surface area contributed by atoms with Crippen molar-refractivity contribution in [2.45, 2.75) is 0 Å². The van der Waals surface area contributed by atoms with Crippen LogP contribution in [0.1, 0.15) is 10.4 Å². The summed E-state index contributed by atoms with van der Waals surface area (Å²) in [5.74, 6) is 0.586. The van der Waals surface area contributed by atoms with Crippen molar-refractivity contribution in [1.29, 1.82) is 0 Å². The Morgan fingerprint density at radius 3 is 2.67 bits per heavy atom. The molecule has 0 atom stereocenters. The zero-order valence-corrected chi connectivity index (χ0v) is 11.2. The normalized spacial score (nSPS) is 10.3. The zero-order chi connectivity index (χ0) is 13.0. The Kier molecular flexibility index (Phi) is 4.10. The van der Waals surface area contributed by atoms with Gasteiger partial charge in [-0.15, -0.1) is 0 Å². The predicted molar refractivity (Wildman–Crippen MR) is 77.0 cm³/mol. The highest BCUT2D eigenvalue weighted by molar-refractivity contribution is 7.80. The third-order valence-corrected chi connectivity index (χ3v) is 2.99. The summed E-state index contributed by atoms with van der Waals surface area (Å²) in [5, 5.41) is 2.84. The van der Waals surface area contributed by atoms with E-state index in [4.69, 9.17) is 0 Å². The van der Waals surface area contributed by atoms with Crippen LogP contribution in [0.15, 0.2) is 42.6 Å². The second-order valence-corrected chi connectivity index (χ2v) is 4.48. The van der Waals surface area contributed by atoms with Crippen LogP contribution in [0.3, 0.4) is 0 Å². The third kappa shape index (κ3) is 2.59. The average Bonchev–Trinajstić information content (AvgIpc) is 2.79. The van der Waals surface area contributed by atoms with Gasteiger partial charge < -0.3 is 9.88 Å². The number of nitrogens with one attached hydrogen (secondary N) is 1. The topological polar surface area (TPSA) is 34.0 Å². The zero-order valence-electron chi connectivity index (χ0n) is 10.3. The van der Waals surface area contributed by atoms with E-state index < -0.39 is 0 Å². The number of rotatable bonds is 4. The number of nitrogens with zero attached hydrogens (tertiary/aromatic N) is 1. The minimum atomic E-state index is -0.0523. The van der Waals surface area contributed by atoms with Gasteiger partial charge in [0.25, 0.3) is 5.91 Å². The van der Waals surface area contributed by atoms with Crippen molar-refractivity contribution in [1.82, 2.24) is 9.88 Å². The Bertz CT molecular complexity index is 534. The number of aromatic nitrogens is 1. The summed E-state index contributed by atoms with van der Waals surface area (Å²) in [6.07, 6.45) is 1.90. The summed E-state index contributed by atoms with van der Waals surface area (Å²) < 4.78 is 1.96. The molecule has 3 nitrogen and oxygen atoms in total. The highest BCUT2D eigenvalue weighted by Crippen LogP contribution is 2.23. The predicted octanol–water partition coefficient (Wildman–Crippen LogP) is 2.35. The molecule has 1 amide bonds. The summed E-state index contributed by atoms with van der Waals surface area (Å²) in [6, 6.07) is 11.8. The average molecular weight is 260 g/mol. The lowest BCUT2D eigenvalue weighted by molar-refractivity contribution is 0.0957. The molecule has 0 aliphatic carbocycles. The number of thiol groups is 1. The van der Waals surface area contributed by atoms with Crippen molar-refractivity contribution < 1.29 is 4.79 Å². The van der Waals surface area contributed by atoms with Crippen molar-refractivity contribution in [3.63, 3.8) is 0 Å². The molecule has 1 aromatic heterocycles. The molecule has 2 rings (SSSR count). The first kappa shape index (κ1) is 12.8. The number of hydrogen-bond donors (Lipinski definition) is 2. The summed E-state index contributed by atoms with van der Waals surface area (Å²) in [7, 11) is 1.94. The second kappa shape index (κ2) is 5.78. The molecule has 4 heteroatoms. The fourth-order valence-corrected chi connectivity index (χ4v) is 2.04. The number of carbonyl (C=O) groups excluding carboxylic acids is 1. The van der Waals surface area contributed by atoms with Crippen LogP contribution in [0.5, 0.6) is 0 Å². The third-order valence-electron chi connectivity index (χ3n) is 2.76. The number of carbonyl (C=O) groups is 1. The SMILES string of the molecule is Cn1ccc(C(=O)NCCS)c1-c1ccccc1. The van der Waals surface area contributed by atoms with Gasteiger partial charge in [-0.25, -0.2) is 0 Å². The Balaban J connectivity index is 2.36. The van der Waals surface area contributed by atoms with Crippen molar-refractivity contribution in [2.24, 2.45) is 7.05 Å². The Morgan fingerprint density at radius 1 is 1.28 bits per heavy atom. The smallest absolute Gasteiger partial charge is 0.253 e. The van der Waals surface area contributed by atoms with Crippen LogP contribution in [0, 0.1) is 0 Å². The van der Waals surface area contributed by atoms with Crippen LogP contribution in [0.25, 0.3) is 11.3 Å². The lowest BCUT2D eigenvalue weighted by Crippen LogP contribution is -2.25. The van der Waals surface area contributed by atoms with E-state index in [1.165, 1.54) is 0 Å². The standard InChI is InChI=1S/C14H16N2OS/c1-16-9-7-12(14(17)15-8-10-18)13(16)11-5-3-2-4-6-11/h2-7,9,18H,8,10H2,1H3,(H,15,17). The lowest BCUT2D eigenvalue weighted by Gasteiger charge is -2.08. The summed E-state index contributed by atoms with van der Waals surface area (Å²) in [6.45, 7) is 0.574. The van der Waals surface area contributed by atoms with Gasteiger partial charge in [-0.05, 0) is 11.6 Å². The van der Waals surface area contributed by atoms with E-state index >= 15 is 0 Å². The summed E-state index contributed by atoms with van der Waals surface area (Å²) >= 11 is 4.09. The second-order valence-electron chi connectivity index (χ2n) is 4.03. The maximum atomic E-state index is 12.1. The minimum absolute atomic E-state index is 0.0523. The highest BCUT2D eigenvalue weighted by Gasteiger charge is 2.15. The largest absolute Gasteiger partial charge is 0.351 e. The van der Waals surface area contributed by atoms with Crippen LogP contribution in [-0.4, -0.2) is 22.8 Å². The minimum Gasteiger partial charge on any atom is -0.351 e. The quantitative estimate of drug-likeness (QED) is 0.813. The van der Waals surface area contributed by atoms with Gasteiger partial charge in [0.2, 0.25) is 0 Å². The molecule has 0 saturated carbocycles. The van der Waals surface area contributed by atoms with Crippen LogP contribution in [0.2, 0.25) is 0 Å². The Morgan fingerprint density at radius 2 is 2.00 bits per heavy atom. The first-order valence-corrected chi connectivity index (χ1v) is 6.47. The maximum absolute atomic E-state index is 12.1. The Labute approximate surface area is 112 Å². The molecule has 0 saturated heterocycles. The molecule has 0 unspecified atom stereocenters. The molecule has 0 spiro atoms. The van der Waals surface area contributed by atoms with Gasteiger partial charge >= 0.3 is 0 Å². The van der Waals surface area contributed by atoms with Crippen LogP contribution >= 0.6 is 12.6 Å². The van der Waals surface area contributed by atoms with E-state index in [0.29, 0.717) is 17.9 Å². The first-order chi connectivity index (χ1) is 8.74. The van der Waals surface area contributed by atoms with Crippen LogP contribution < -0.4 is 5.32 Å². The molecule has 94 valence electrons. The number of amides is 1. The van der Waals surface area contributed by atoms with Crippen LogP contribution in [0.4, 0.5) is 0 Å². The highest BCUT2D eigenvalue weighted by atomic mass is 32.1. The molecule has 2 aromatic rings. The van der Waals surface area contributed by atoms with Gasteiger partial charge in [-0.1, -0.05) is 30.3 Å². The molecule has 0 aliphatic rings. The summed E-state index contributed by atoms with van der Waals surface area (Å²) in [5.41, 5.74) is 2.68. The van der Waals surface area contributed by atoms with Crippen molar-refractivity contribution in [3.8, 4) is 11.3 Å². The van der Waals surface area contributed by atoms with Crippen molar-refractivity contribution >= 4 is 18.5 Å². The molecule has 0 radical (unpaired) electrons. The monoisotopic (exact) mass is 260 g/mol. The molecule has 1 aromatic carbocycles. The molecule has 0 aliphatic heterocycles. The van der Waals surface area contributed by atoms with Gasteiger partial charge in [-0.2, -0.15) is 12.6 Å². The van der Waals surface area contributed by atoms with E-state index in [2.05, 4.69) is 17.9 Å². The van der Waals surface area contributed by atoms with E-state index in [0.717, 1.165) is 11.3 Å². The van der Waals surface area contributed by atoms with E-state index in [1.807, 2.05) is 54.2 Å². The first-order valence-electron chi connectivity index (χ1n) is 5.84. The van der Waals surface area contributed by atoms with Gasteiger partial charge in [0.15, 0.2) is 0 Å². The number of hydrogen-bond acceptors (Lipinski definition) is 2. The van der Waals surface area contributed by atoms with Crippen molar-refractivity contribution in [2.75, 3.05) is 12.3 Å². The number of aryl methyl sites for hydroxylation is 1. The molecular weight excluding hydrogens is 244 g/mol. The molecule has 1 heterocycles. The molecule has 0 fully saturated rings. The van der Waals surface area contributed by atoms with Crippen molar-refractivity contribution in [3.05, 3.63) is 48.2 Å². The lowest BCUT2D eigenvalue weighted by atomic mass is 10.1.